The number of halogens is 1. The lowest BCUT2D eigenvalue weighted by Crippen LogP contribution is -2.40. The molecule has 2 aromatic rings. The molecular formula is C24H32FN3O2S. The van der Waals surface area contributed by atoms with E-state index in [-0.39, 0.29) is 11.7 Å². The van der Waals surface area contributed by atoms with Crippen LogP contribution in [-0.4, -0.2) is 64.6 Å². The third-order valence-electron chi connectivity index (χ3n) is 7.04. The van der Waals surface area contributed by atoms with Crippen LogP contribution in [0, 0.1) is 25.6 Å². The summed E-state index contributed by atoms with van der Waals surface area (Å²) in [5.41, 5.74) is 2.16. The number of nitrogens with zero attached hydrogens (tertiary/aromatic N) is 3. The van der Waals surface area contributed by atoms with Crippen molar-refractivity contribution in [1.29, 1.82) is 0 Å². The van der Waals surface area contributed by atoms with E-state index in [9.17, 15) is 14.3 Å². The van der Waals surface area contributed by atoms with Gasteiger partial charge in [-0.2, -0.15) is 0 Å². The second kappa shape index (κ2) is 9.35. The van der Waals surface area contributed by atoms with Crippen LogP contribution in [-0.2, 0) is 4.79 Å². The van der Waals surface area contributed by atoms with Gasteiger partial charge in [-0.05, 0) is 76.2 Å². The molecule has 4 rings (SSSR count). The molecule has 2 aliphatic rings. The van der Waals surface area contributed by atoms with Crippen molar-refractivity contribution in [2.75, 3.05) is 32.7 Å². The molecule has 0 aliphatic carbocycles. The van der Waals surface area contributed by atoms with Crippen LogP contribution in [0.2, 0.25) is 0 Å². The van der Waals surface area contributed by atoms with Crippen LogP contribution in [0.25, 0.3) is 0 Å². The van der Waals surface area contributed by atoms with E-state index in [0.717, 1.165) is 49.6 Å². The average Bonchev–Trinajstić information content (AvgIpc) is 3.30. The first-order chi connectivity index (χ1) is 14.8. The lowest BCUT2D eigenvalue weighted by molar-refractivity contribution is -0.142. The molecule has 0 saturated carbocycles. The molecule has 0 amide bonds. The molecule has 3 unspecified atom stereocenters. The Morgan fingerprint density at radius 1 is 1.29 bits per heavy atom. The Labute approximate surface area is 187 Å². The fraction of sp³-hybridized carbons (Fsp3) is 0.583. The second-order valence-corrected chi connectivity index (χ2v) is 10.4. The van der Waals surface area contributed by atoms with Crippen LogP contribution in [0.15, 0.2) is 24.3 Å². The van der Waals surface area contributed by atoms with Crippen LogP contribution in [0.5, 0.6) is 0 Å². The first kappa shape index (κ1) is 22.4. The monoisotopic (exact) mass is 445 g/mol. The fourth-order valence-electron chi connectivity index (χ4n) is 5.31. The van der Waals surface area contributed by atoms with E-state index in [1.165, 1.54) is 16.6 Å². The SMILES string of the molecule is Cc1nc(C)c(C2CCN(CC3CN(C(C)C(=O)O)CC3c3cccc(F)c3)CC2)s1. The molecule has 7 heteroatoms. The van der Waals surface area contributed by atoms with Crippen molar-refractivity contribution in [3.05, 3.63) is 51.2 Å². The van der Waals surface area contributed by atoms with E-state index in [1.807, 2.05) is 22.3 Å². The zero-order chi connectivity index (χ0) is 22.1. The smallest absolute Gasteiger partial charge is 0.320 e. The number of benzene rings is 1. The highest BCUT2D eigenvalue weighted by molar-refractivity contribution is 7.11. The summed E-state index contributed by atoms with van der Waals surface area (Å²) in [6, 6.07) is 6.31. The van der Waals surface area contributed by atoms with Crippen LogP contribution < -0.4 is 0 Å². The van der Waals surface area contributed by atoms with Crippen molar-refractivity contribution in [2.24, 2.45) is 5.92 Å². The molecule has 1 aromatic heterocycles. The van der Waals surface area contributed by atoms with Gasteiger partial charge in [-0.1, -0.05) is 12.1 Å². The molecule has 2 aliphatic heterocycles. The summed E-state index contributed by atoms with van der Waals surface area (Å²) in [6.07, 6.45) is 2.27. The molecule has 3 heterocycles. The normalized spacial score (nSPS) is 24.5. The summed E-state index contributed by atoms with van der Waals surface area (Å²) in [5.74, 6) is 0.0226. The number of thiazole rings is 1. The van der Waals surface area contributed by atoms with E-state index in [2.05, 4.69) is 23.7 Å². The number of rotatable bonds is 6. The number of aliphatic carboxylic acids is 1. The van der Waals surface area contributed by atoms with Gasteiger partial charge in [0.2, 0.25) is 0 Å². The molecular weight excluding hydrogens is 413 g/mol. The highest BCUT2D eigenvalue weighted by atomic mass is 32.1. The predicted molar refractivity (Wildman–Crippen MR) is 121 cm³/mol. The topological polar surface area (TPSA) is 56.7 Å². The number of hydrogen-bond donors (Lipinski definition) is 1. The van der Waals surface area contributed by atoms with Gasteiger partial charge < -0.3 is 10.0 Å². The Morgan fingerprint density at radius 3 is 2.65 bits per heavy atom. The molecule has 5 nitrogen and oxygen atoms in total. The van der Waals surface area contributed by atoms with Crippen molar-refractivity contribution >= 4 is 17.3 Å². The van der Waals surface area contributed by atoms with Crippen LogP contribution in [0.3, 0.4) is 0 Å². The van der Waals surface area contributed by atoms with Gasteiger partial charge in [0.1, 0.15) is 11.9 Å². The average molecular weight is 446 g/mol. The van der Waals surface area contributed by atoms with Gasteiger partial charge in [-0.25, -0.2) is 9.37 Å². The summed E-state index contributed by atoms with van der Waals surface area (Å²) in [7, 11) is 0. The van der Waals surface area contributed by atoms with Crippen LogP contribution in [0.1, 0.15) is 52.7 Å². The van der Waals surface area contributed by atoms with Gasteiger partial charge in [0.15, 0.2) is 0 Å². The summed E-state index contributed by atoms with van der Waals surface area (Å²) in [5, 5.41) is 10.6. The van der Waals surface area contributed by atoms with Crippen molar-refractivity contribution in [1.82, 2.24) is 14.8 Å². The minimum Gasteiger partial charge on any atom is -0.480 e. The highest BCUT2D eigenvalue weighted by Gasteiger charge is 2.39. The number of aromatic nitrogens is 1. The summed E-state index contributed by atoms with van der Waals surface area (Å²) in [6.45, 7) is 10.4. The summed E-state index contributed by atoms with van der Waals surface area (Å²) >= 11 is 1.83. The van der Waals surface area contributed by atoms with E-state index < -0.39 is 12.0 Å². The second-order valence-electron chi connectivity index (χ2n) is 9.15. The van der Waals surface area contributed by atoms with Gasteiger partial charge in [0.25, 0.3) is 0 Å². The zero-order valence-electron chi connectivity index (χ0n) is 18.6. The minimum atomic E-state index is -0.797. The Hall–Kier alpha value is -1.83. The molecule has 0 bridgehead atoms. The lowest BCUT2D eigenvalue weighted by atomic mass is 9.87. The Bertz CT molecular complexity index is 925. The molecule has 168 valence electrons. The maximum absolute atomic E-state index is 13.9. The number of hydrogen-bond acceptors (Lipinski definition) is 5. The van der Waals surface area contributed by atoms with Crippen molar-refractivity contribution in [2.45, 2.75) is 51.5 Å². The van der Waals surface area contributed by atoms with E-state index in [0.29, 0.717) is 18.4 Å². The Balaban J connectivity index is 1.44. The zero-order valence-corrected chi connectivity index (χ0v) is 19.4. The lowest BCUT2D eigenvalue weighted by Gasteiger charge is -2.34. The largest absolute Gasteiger partial charge is 0.480 e. The quantitative estimate of drug-likeness (QED) is 0.720. The third kappa shape index (κ3) is 4.99. The number of carboxylic acids is 1. The Kier molecular flexibility index (Phi) is 6.74. The van der Waals surface area contributed by atoms with Crippen LogP contribution in [0.4, 0.5) is 4.39 Å². The van der Waals surface area contributed by atoms with Crippen molar-refractivity contribution in [3.8, 4) is 0 Å². The van der Waals surface area contributed by atoms with Gasteiger partial charge in [-0.15, -0.1) is 11.3 Å². The summed E-state index contributed by atoms with van der Waals surface area (Å²) < 4.78 is 13.9. The maximum atomic E-state index is 13.9. The first-order valence-electron chi connectivity index (χ1n) is 11.2. The van der Waals surface area contributed by atoms with Crippen molar-refractivity contribution < 1.29 is 14.3 Å². The van der Waals surface area contributed by atoms with Gasteiger partial charge in [-0.3, -0.25) is 9.69 Å². The number of aryl methyl sites for hydroxylation is 2. The standard InChI is InChI=1S/C24H32FN3O2S/c1-15-23(31-17(3)26-15)18-7-9-27(10-8-18)12-20-13-28(16(2)24(29)30)14-22(20)19-5-4-6-21(25)11-19/h4-6,11,16,18,20,22H,7-10,12-14H2,1-3H3,(H,29,30). The number of likely N-dealkylation sites (tertiary alicyclic amines) is 2. The van der Waals surface area contributed by atoms with E-state index >= 15 is 0 Å². The first-order valence-corrected chi connectivity index (χ1v) is 12.0. The molecule has 1 aromatic carbocycles. The molecule has 0 radical (unpaired) electrons. The van der Waals surface area contributed by atoms with Gasteiger partial charge in [0.05, 0.1) is 10.7 Å². The molecule has 31 heavy (non-hydrogen) atoms. The molecule has 1 N–H and O–H groups in total. The highest BCUT2D eigenvalue weighted by Crippen LogP contribution is 2.37. The number of piperidine rings is 1. The molecule has 3 atom stereocenters. The molecule has 0 spiro atoms. The van der Waals surface area contributed by atoms with Gasteiger partial charge in [0, 0.05) is 30.4 Å². The van der Waals surface area contributed by atoms with E-state index in [4.69, 9.17) is 0 Å². The van der Waals surface area contributed by atoms with E-state index in [1.54, 1.807) is 19.1 Å². The minimum absolute atomic E-state index is 0.154. The maximum Gasteiger partial charge on any atom is 0.320 e. The fourth-order valence-corrected chi connectivity index (χ4v) is 6.41. The predicted octanol–water partition coefficient (Wildman–Crippen LogP) is 4.27. The number of carbonyl (C=O) groups is 1. The Morgan fingerprint density at radius 2 is 2.03 bits per heavy atom. The van der Waals surface area contributed by atoms with Crippen molar-refractivity contribution in [3.63, 3.8) is 0 Å². The molecule has 2 saturated heterocycles. The van der Waals surface area contributed by atoms with Crippen LogP contribution >= 0.6 is 11.3 Å². The number of carboxylic acid groups (broad SMARTS) is 1. The van der Waals surface area contributed by atoms with Gasteiger partial charge >= 0.3 is 5.97 Å². The third-order valence-corrected chi connectivity index (χ3v) is 8.28. The molecule has 2 fully saturated rings. The summed E-state index contributed by atoms with van der Waals surface area (Å²) in [4.78, 5) is 22.2.